The Morgan fingerprint density at radius 1 is 1.67 bits per heavy atom. The van der Waals surface area contributed by atoms with Crippen molar-refractivity contribution in [2.24, 2.45) is 0 Å². The number of hydrogen-bond acceptors (Lipinski definition) is 4. The van der Waals surface area contributed by atoms with Gasteiger partial charge in [-0.3, -0.25) is 9.69 Å². The van der Waals surface area contributed by atoms with Crippen LogP contribution in [0.4, 0.5) is 0 Å². The Bertz CT molecular complexity index is 410. The number of thiazole rings is 1. The van der Waals surface area contributed by atoms with Crippen molar-refractivity contribution in [3.05, 3.63) is 15.5 Å². The first kappa shape index (κ1) is 13.8. The predicted octanol–water partition coefficient (Wildman–Crippen LogP) is 2.40. The zero-order valence-corrected chi connectivity index (χ0v) is 12.1. The van der Waals surface area contributed by atoms with Gasteiger partial charge in [-0.15, -0.1) is 11.3 Å². The van der Waals surface area contributed by atoms with Crippen LogP contribution in [-0.2, 0) is 0 Å². The Morgan fingerprint density at radius 3 is 3.17 bits per heavy atom. The van der Waals surface area contributed by atoms with Crippen molar-refractivity contribution < 1.29 is 4.79 Å². The average Bonchev–Trinajstić information content (AvgIpc) is 2.78. The number of aromatic nitrogens is 1. The highest BCUT2D eigenvalue weighted by atomic mass is 35.5. The number of rotatable bonds is 4. The molecule has 0 aromatic carbocycles. The predicted molar refractivity (Wildman–Crippen MR) is 74.3 cm³/mol. The van der Waals surface area contributed by atoms with Crippen LogP contribution >= 0.6 is 22.9 Å². The van der Waals surface area contributed by atoms with Crippen molar-refractivity contribution in [3.63, 3.8) is 0 Å². The minimum absolute atomic E-state index is 0.118. The molecule has 2 rings (SSSR count). The summed E-state index contributed by atoms with van der Waals surface area (Å²) in [5, 5.41) is 3.19. The summed E-state index contributed by atoms with van der Waals surface area (Å²) in [4.78, 5) is 18.6. The van der Waals surface area contributed by atoms with Gasteiger partial charge in [0.05, 0.1) is 5.51 Å². The second-order valence-corrected chi connectivity index (χ2v) is 5.82. The zero-order valence-electron chi connectivity index (χ0n) is 10.5. The monoisotopic (exact) mass is 287 g/mol. The highest BCUT2D eigenvalue weighted by Gasteiger charge is 2.18. The number of carbonyl (C=O) groups is 1. The fourth-order valence-corrected chi connectivity index (χ4v) is 3.18. The SMILES string of the molecule is C[C@H]1CCCCN1CCNC(=O)c1scnc1Cl. The molecule has 1 aliphatic heterocycles. The van der Waals surface area contributed by atoms with E-state index in [-0.39, 0.29) is 5.91 Å². The van der Waals surface area contributed by atoms with Gasteiger partial charge >= 0.3 is 0 Å². The van der Waals surface area contributed by atoms with Gasteiger partial charge in [-0.05, 0) is 26.3 Å². The third-order valence-electron chi connectivity index (χ3n) is 3.36. The van der Waals surface area contributed by atoms with Gasteiger partial charge in [-0.1, -0.05) is 18.0 Å². The van der Waals surface area contributed by atoms with Crippen LogP contribution in [0.15, 0.2) is 5.51 Å². The first-order chi connectivity index (χ1) is 8.68. The third kappa shape index (κ3) is 3.43. The molecule has 4 nitrogen and oxygen atoms in total. The normalized spacial score (nSPS) is 20.9. The van der Waals surface area contributed by atoms with Crippen molar-refractivity contribution in [2.75, 3.05) is 19.6 Å². The first-order valence-corrected chi connectivity index (χ1v) is 7.55. The summed E-state index contributed by atoms with van der Waals surface area (Å²) in [6.45, 7) is 4.96. The molecule has 1 atom stereocenters. The van der Waals surface area contributed by atoms with Crippen LogP contribution in [0.1, 0.15) is 35.9 Å². The molecule has 0 unspecified atom stereocenters. The van der Waals surface area contributed by atoms with Crippen molar-refractivity contribution >= 4 is 28.8 Å². The average molecular weight is 288 g/mol. The topological polar surface area (TPSA) is 45.2 Å². The molecule has 0 spiro atoms. The lowest BCUT2D eigenvalue weighted by atomic mass is 10.0. The van der Waals surface area contributed by atoms with E-state index < -0.39 is 0 Å². The standard InChI is InChI=1S/C12H18ClN3OS/c1-9-4-2-3-6-16(9)7-5-14-12(17)10-11(13)15-8-18-10/h8-9H,2-7H2,1H3,(H,14,17)/t9-/m0/s1. The summed E-state index contributed by atoms with van der Waals surface area (Å²) >= 11 is 7.09. The molecule has 1 fully saturated rings. The van der Waals surface area contributed by atoms with Gasteiger partial charge < -0.3 is 5.32 Å². The van der Waals surface area contributed by atoms with Crippen molar-refractivity contribution in [1.29, 1.82) is 0 Å². The van der Waals surface area contributed by atoms with E-state index in [1.807, 2.05) is 0 Å². The molecule has 1 amide bonds. The second-order valence-electron chi connectivity index (χ2n) is 4.61. The molecule has 0 bridgehead atoms. The highest BCUT2D eigenvalue weighted by Crippen LogP contribution is 2.18. The van der Waals surface area contributed by atoms with Gasteiger partial charge in [0.25, 0.3) is 5.91 Å². The van der Waals surface area contributed by atoms with Gasteiger partial charge in [0.1, 0.15) is 4.88 Å². The molecule has 100 valence electrons. The summed E-state index contributed by atoms with van der Waals surface area (Å²) in [6, 6.07) is 0.627. The Labute approximate surface area is 116 Å². The van der Waals surface area contributed by atoms with Crippen molar-refractivity contribution in [1.82, 2.24) is 15.2 Å². The van der Waals surface area contributed by atoms with Crippen LogP contribution in [0.25, 0.3) is 0 Å². The summed E-state index contributed by atoms with van der Waals surface area (Å²) in [6.07, 6.45) is 3.84. The smallest absolute Gasteiger partial charge is 0.264 e. The Morgan fingerprint density at radius 2 is 2.50 bits per heavy atom. The Balaban J connectivity index is 1.75. The molecular formula is C12H18ClN3OS. The summed E-state index contributed by atoms with van der Waals surface area (Å²) < 4.78 is 0. The zero-order chi connectivity index (χ0) is 13.0. The first-order valence-electron chi connectivity index (χ1n) is 6.29. The molecule has 1 saturated heterocycles. The van der Waals surface area contributed by atoms with Crippen LogP contribution in [0.5, 0.6) is 0 Å². The number of amides is 1. The second kappa shape index (κ2) is 6.50. The summed E-state index contributed by atoms with van der Waals surface area (Å²) in [5.74, 6) is -0.118. The number of carbonyl (C=O) groups excluding carboxylic acids is 1. The highest BCUT2D eigenvalue weighted by molar-refractivity contribution is 7.12. The molecule has 18 heavy (non-hydrogen) atoms. The molecule has 1 aromatic rings. The van der Waals surface area contributed by atoms with Gasteiger partial charge in [0.15, 0.2) is 5.15 Å². The van der Waals surface area contributed by atoms with Crippen molar-refractivity contribution in [2.45, 2.75) is 32.2 Å². The fraction of sp³-hybridized carbons (Fsp3) is 0.667. The molecule has 0 saturated carbocycles. The molecule has 1 aliphatic rings. The summed E-state index contributed by atoms with van der Waals surface area (Å²) in [7, 11) is 0. The molecule has 0 radical (unpaired) electrons. The molecule has 6 heteroatoms. The van der Waals surface area contributed by atoms with Crippen LogP contribution in [0.3, 0.4) is 0 Å². The minimum atomic E-state index is -0.118. The van der Waals surface area contributed by atoms with E-state index >= 15 is 0 Å². The fourth-order valence-electron chi connectivity index (χ4n) is 2.26. The van der Waals surface area contributed by atoms with Crippen LogP contribution in [0, 0.1) is 0 Å². The maximum atomic E-state index is 11.8. The molecule has 2 heterocycles. The van der Waals surface area contributed by atoms with E-state index in [9.17, 15) is 4.79 Å². The molecular weight excluding hydrogens is 270 g/mol. The van der Waals surface area contributed by atoms with Gasteiger partial charge in [-0.25, -0.2) is 4.98 Å². The lowest BCUT2D eigenvalue weighted by molar-refractivity contribution is 0.0942. The van der Waals surface area contributed by atoms with E-state index in [1.165, 1.54) is 30.6 Å². The number of nitrogens with zero attached hydrogens (tertiary/aromatic N) is 2. The number of likely N-dealkylation sites (tertiary alicyclic amines) is 1. The van der Waals surface area contributed by atoms with E-state index in [0.29, 0.717) is 22.6 Å². The maximum Gasteiger partial charge on any atom is 0.264 e. The minimum Gasteiger partial charge on any atom is -0.350 e. The third-order valence-corrected chi connectivity index (χ3v) is 4.58. The quantitative estimate of drug-likeness (QED) is 0.925. The van der Waals surface area contributed by atoms with Crippen LogP contribution < -0.4 is 5.32 Å². The number of hydrogen-bond donors (Lipinski definition) is 1. The van der Waals surface area contributed by atoms with Crippen molar-refractivity contribution in [3.8, 4) is 0 Å². The number of halogens is 1. The number of nitrogens with one attached hydrogen (secondary N) is 1. The lowest BCUT2D eigenvalue weighted by Gasteiger charge is -2.33. The molecule has 1 aromatic heterocycles. The van der Waals surface area contributed by atoms with Crippen LogP contribution in [-0.4, -0.2) is 41.5 Å². The molecule has 1 N–H and O–H groups in total. The molecule has 0 aliphatic carbocycles. The van der Waals surface area contributed by atoms with E-state index in [0.717, 1.165) is 13.1 Å². The van der Waals surface area contributed by atoms with Gasteiger partial charge in [0, 0.05) is 19.1 Å². The number of piperidine rings is 1. The van der Waals surface area contributed by atoms with Crippen LogP contribution in [0.2, 0.25) is 5.15 Å². The Hall–Kier alpha value is -0.650. The summed E-state index contributed by atoms with van der Waals surface area (Å²) in [5.41, 5.74) is 1.59. The Kier molecular flexibility index (Phi) is 4.97. The van der Waals surface area contributed by atoms with E-state index in [2.05, 4.69) is 22.1 Å². The van der Waals surface area contributed by atoms with Gasteiger partial charge in [0.2, 0.25) is 0 Å². The largest absolute Gasteiger partial charge is 0.350 e. The lowest BCUT2D eigenvalue weighted by Crippen LogP contribution is -2.42. The van der Waals surface area contributed by atoms with E-state index in [4.69, 9.17) is 11.6 Å². The maximum absolute atomic E-state index is 11.8. The van der Waals surface area contributed by atoms with Gasteiger partial charge in [-0.2, -0.15) is 0 Å². The van der Waals surface area contributed by atoms with E-state index in [1.54, 1.807) is 5.51 Å².